The maximum absolute atomic E-state index is 5.67. The summed E-state index contributed by atoms with van der Waals surface area (Å²) in [4.78, 5) is 0. The van der Waals surface area contributed by atoms with Crippen LogP contribution in [0.2, 0.25) is 0 Å². The molecule has 0 radical (unpaired) electrons. The number of hydrogen-bond acceptors (Lipinski definition) is 3. The molecule has 1 N–H and O–H groups in total. The third kappa shape index (κ3) is 4.22. The molecule has 1 aromatic carbocycles. The Morgan fingerprint density at radius 2 is 2.37 bits per heavy atom. The van der Waals surface area contributed by atoms with Gasteiger partial charge in [0.1, 0.15) is 5.75 Å². The van der Waals surface area contributed by atoms with Crippen LogP contribution in [0, 0.1) is 0 Å². The Bertz CT molecular complexity index is 375. The molecule has 0 spiro atoms. The average Bonchev–Trinajstić information content (AvgIpc) is 2.97. The minimum Gasteiger partial charge on any atom is -0.497 e. The van der Waals surface area contributed by atoms with Crippen LogP contribution in [0.1, 0.15) is 43.7 Å². The third-order valence-corrected chi connectivity index (χ3v) is 3.89. The van der Waals surface area contributed by atoms with Crippen molar-refractivity contribution < 1.29 is 9.47 Å². The predicted octanol–water partition coefficient (Wildman–Crippen LogP) is 3.31. The van der Waals surface area contributed by atoms with Crippen LogP contribution in [-0.4, -0.2) is 26.9 Å². The van der Waals surface area contributed by atoms with Gasteiger partial charge in [0, 0.05) is 12.6 Å². The number of methoxy groups -OCH3 is 1. The van der Waals surface area contributed by atoms with Crippen LogP contribution in [-0.2, 0) is 4.74 Å². The van der Waals surface area contributed by atoms with E-state index >= 15 is 0 Å². The zero-order chi connectivity index (χ0) is 13.5. The van der Waals surface area contributed by atoms with Gasteiger partial charge in [-0.1, -0.05) is 12.1 Å². The van der Waals surface area contributed by atoms with Crippen LogP contribution in [0.5, 0.6) is 5.75 Å². The summed E-state index contributed by atoms with van der Waals surface area (Å²) in [5.41, 5.74) is 1.30. The molecule has 0 amide bonds. The summed E-state index contributed by atoms with van der Waals surface area (Å²) in [6.45, 7) is 0.954. The van der Waals surface area contributed by atoms with E-state index in [0.717, 1.165) is 18.8 Å². The lowest BCUT2D eigenvalue weighted by Gasteiger charge is -2.18. The van der Waals surface area contributed by atoms with E-state index in [0.29, 0.717) is 12.1 Å². The van der Waals surface area contributed by atoms with Gasteiger partial charge in [0.05, 0.1) is 13.2 Å². The molecule has 0 bridgehead atoms. The molecular weight excluding hydrogens is 238 g/mol. The highest BCUT2D eigenvalue weighted by Gasteiger charge is 2.16. The molecule has 2 atom stereocenters. The Kier molecular flexibility index (Phi) is 5.67. The van der Waals surface area contributed by atoms with Gasteiger partial charge >= 0.3 is 0 Å². The summed E-state index contributed by atoms with van der Waals surface area (Å²) in [6, 6.07) is 8.72. The highest BCUT2D eigenvalue weighted by Crippen LogP contribution is 2.25. The molecule has 1 fully saturated rings. The summed E-state index contributed by atoms with van der Waals surface area (Å²) in [5.74, 6) is 0.928. The van der Waals surface area contributed by atoms with Crippen molar-refractivity contribution in [3.05, 3.63) is 29.8 Å². The van der Waals surface area contributed by atoms with Gasteiger partial charge in [-0.15, -0.1) is 0 Å². The van der Waals surface area contributed by atoms with Gasteiger partial charge in [0.2, 0.25) is 0 Å². The average molecular weight is 263 g/mol. The van der Waals surface area contributed by atoms with Crippen molar-refractivity contribution in [2.75, 3.05) is 20.8 Å². The molecule has 1 aliphatic rings. The molecule has 1 heterocycles. The van der Waals surface area contributed by atoms with Crippen LogP contribution in [0.3, 0.4) is 0 Å². The molecule has 3 nitrogen and oxygen atoms in total. The summed E-state index contributed by atoms with van der Waals surface area (Å²) >= 11 is 0. The quantitative estimate of drug-likeness (QED) is 0.818. The fourth-order valence-electron chi connectivity index (χ4n) is 2.76. The molecule has 3 heteroatoms. The number of rotatable bonds is 7. The number of hydrogen-bond donors (Lipinski definition) is 1. The second kappa shape index (κ2) is 7.51. The van der Waals surface area contributed by atoms with Crippen LogP contribution in [0.25, 0.3) is 0 Å². The van der Waals surface area contributed by atoms with Gasteiger partial charge in [-0.2, -0.15) is 0 Å². The van der Waals surface area contributed by atoms with E-state index in [4.69, 9.17) is 9.47 Å². The lowest BCUT2D eigenvalue weighted by atomic mass is 9.99. The van der Waals surface area contributed by atoms with Gasteiger partial charge in [-0.3, -0.25) is 0 Å². The van der Waals surface area contributed by atoms with Crippen molar-refractivity contribution in [3.8, 4) is 5.75 Å². The molecule has 2 unspecified atom stereocenters. The number of benzene rings is 1. The Hall–Kier alpha value is -1.06. The fourth-order valence-corrected chi connectivity index (χ4v) is 2.76. The zero-order valence-corrected chi connectivity index (χ0v) is 12.0. The Morgan fingerprint density at radius 3 is 3.05 bits per heavy atom. The first-order chi connectivity index (χ1) is 9.33. The normalized spacial score (nSPS) is 20.4. The van der Waals surface area contributed by atoms with Gasteiger partial charge in [0.15, 0.2) is 0 Å². The van der Waals surface area contributed by atoms with Crippen molar-refractivity contribution in [1.82, 2.24) is 5.32 Å². The zero-order valence-electron chi connectivity index (χ0n) is 12.0. The van der Waals surface area contributed by atoms with Crippen molar-refractivity contribution in [1.29, 1.82) is 0 Å². The SMILES string of the molecule is CNC(CCCC1CCCO1)c1cccc(OC)c1. The molecule has 19 heavy (non-hydrogen) atoms. The Morgan fingerprint density at radius 1 is 1.47 bits per heavy atom. The van der Waals surface area contributed by atoms with Crippen molar-refractivity contribution in [2.45, 2.75) is 44.2 Å². The van der Waals surface area contributed by atoms with E-state index in [-0.39, 0.29) is 0 Å². The first-order valence-corrected chi connectivity index (χ1v) is 7.26. The monoisotopic (exact) mass is 263 g/mol. The van der Waals surface area contributed by atoms with Crippen LogP contribution >= 0.6 is 0 Å². The third-order valence-electron chi connectivity index (χ3n) is 3.89. The maximum atomic E-state index is 5.67. The minimum absolute atomic E-state index is 0.400. The van der Waals surface area contributed by atoms with Crippen molar-refractivity contribution in [3.63, 3.8) is 0 Å². The molecule has 106 valence electrons. The minimum atomic E-state index is 0.400. The van der Waals surface area contributed by atoms with E-state index in [9.17, 15) is 0 Å². The van der Waals surface area contributed by atoms with Crippen LogP contribution < -0.4 is 10.1 Å². The summed E-state index contributed by atoms with van der Waals surface area (Å²) in [7, 11) is 3.74. The maximum Gasteiger partial charge on any atom is 0.119 e. The first kappa shape index (κ1) is 14.4. The summed E-state index contributed by atoms with van der Waals surface area (Å²) < 4.78 is 11.0. The molecule has 0 saturated carbocycles. The van der Waals surface area contributed by atoms with Crippen molar-refractivity contribution in [2.24, 2.45) is 0 Å². The Balaban J connectivity index is 1.84. The molecule has 2 rings (SSSR count). The number of nitrogens with one attached hydrogen (secondary N) is 1. The number of ether oxygens (including phenoxy) is 2. The van der Waals surface area contributed by atoms with E-state index in [1.54, 1.807) is 7.11 Å². The molecular formula is C16H25NO2. The standard InChI is InChI=1S/C16H25NO2/c1-17-16(10-4-7-14-9-5-11-19-14)13-6-3-8-15(12-13)18-2/h3,6,8,12,14,16-17H,4-5,7,9-11H2,1-2H3. The lowest BCUT2D eigenvalue weighted by molar-refractivity contribution is 0.101. The largest absolute Gasteiger partial charge is 0.497 e. The first-order valence-electron chi connectivity index (χ1n) is 7.26. The van der Waals surface area contributed by atoms with E-state index in [1.165, 1.54) is 31.2 Å². The van der Waals surface area contributed by atoms with Crippen LogP contribution in [0.4, 0.5) is 0 Å². The van der Waals surface area contributed by atoms with E-state index < -0.39 is 0 Å². The Labute approximate surface area is 116 Å². The van der Waals surface area contributed by atoms with Crippen LogP contribution in [0.15, 0.2) is 24.3 Å². The van der Waals surface area contributed by atoms with Crippen molar-refractivity contribution >= 4 is 0 Å². The lowest BCUT2D eigenvalue weighted by Crippen LogP contribution is -2.17. The second-order valence-corrected chi connectivity index (χ2v) is 5.18. The highest BCUT2D eigenvalue weighted by molar-refractivity contribution is 5.30. The fraction of sp³-hybridized carbons (Fsp3) is 0.625. The highest BCUT2D eigenvalue weighted by atomic mass is 16.5. The molecule has 1 aliphatic heterocycles. The van der Waals surface area contributed by atoms with E-state index in [1.807, 2.05) is 13.1 Å². The van der Waals surface area contributed by atoms with Gasteiger partial charge in [0.25, 0.3) is 0 Å². The van der Waals surface area contributed by atoms with E-state index in [2.05, 4.69) is 23.5 Å². The topological polar surface area (TPSA) is 30.5 Å². The molecule has 1 aromatic rings. The molecule has 0 aliphatic carbocycles. The summed E-state index contributed by atoms with van der Waals surface area (Å²) in [6.07, 6.45) is 6.50. The second-order valence-electron chi connectivity index (χ2n) is 5.18. The molecule has 0 aromatic heterocycles. The smallest absolute Gasteiger partial charge is 0.119 e. The summed E-state index contributed by atoms with van der Waals surface area (Å²) in [5, 5.41) is 3.40. The molecule has 1 saturated heterocycles. The van der Waals surface area contributed by atoms with Gasteiger partial charge < -0.3 is 14.8 Å². The van der Waals surface area contributed by atoms with Gasteiger partial charge in [-0.05, 0) is 56.8 Å². The predicted molar refractivity (Wildman–Crippen MR) is 77.6 cm³/mol. The van der Waals surface area contributed by atoms with Gasteiger partial charge in [-0.25, -0.2) is 0 Å².